The van der Waals surface area contributed by atoms with Crippen LogP contribution in [0.3, 0.4) is 0 Å². The molecule has 2 aromatic heterocycles. The van der Waals surface area contributed by atoms with Crippen LogP contribution in [0.2, 0.25) is 0 Å². The SMILES string of the molecule is CN=C(NCCc1c[nH]c2ccc(F)cc12)N1CCN(c2cnn(C)c2)C(=O)C1. The number of H-pyrrole nitrogens is 1. The Labute approximate surface area is 168 Å². The van der Waals surface area contributed by atoms with Crippen LogP contribution in [0.4, 0.5) is 10.1 Å². The van der Waals surface area contributed by atoms with Gasteiger partial charge in [0.2, 0.25) is 5.91 Å². The molecular formula is C20H24FN7O. The number of aromatic nitrogens is 3. The van der Waals surface area contributed by atoms with E-state index in [9.17, 15) is 9.18 Å². The van der Waals surface area contributed by atoms with Gasteiger partial charge >= 0.3 is 0 Å². The maximum absolute atomic E-state index is 13.5. The van der Waals surface area contributed by atoms with E-state index >= 15 is 0 Å². The smallest absolute Gasteiger partial charge is 0.246 e. The number of rotatable bonds is 4. The van der Waals surface area contributed by atoms with Gasteiger partial charge < -0.3 is 20.1 Å². The number of guanidine groups is 1. The van der Waals surface area contributed by atoms with E-state index in [1.165, 1.54) is 6.07 Å². The predicted octanol–water partition coefficient (Wildman–Crippen LogP) is 1.51. The molecule has 3 heterocycles. The second-order valence-corrected chi connectivity index (χ2v) is 7.07. The summed E-state index contributed by atoms with van der Waals surface area (Å²) >= 11 is 0. The normalized spacial score (nSPS) is 15.4. The molecule has 8 nitrogen and oxygen atoms in total. The Hall–Kier alpha value is -3.36. The van der Waals surface area contributed by atoms with Crippen molar-refractivity contribution < 1.29 is 9.18 Å². The van der Waals surface area contributed by atoms with E-state index in [0.29, 0.717) is 32.0 Å². The van der Waals surface area contributed by atoms with Gasteiger partial charge in [0, 0.05) is 57.0 Å². The van der Waals surface area contributed by atoms with Gasteiger partial charge in [-0.2, -0.15) is 5.10 Å². The highest BCUT2D eigenvalue weighted by molar-refractivity contribution is 5.98. The van der Waals surface area contributed by atoms with Crippen molar-refractivity contribution in [3.8, 4) is 0 Å². The largest absolute Gasteiger partial charge is 0.361 e. The quantitative estimate of drug-likeness (QED) is 0.517. The first-order valence-electron chi connectivity index (χ1n) is 9.55. The highest BCUT2D eigenvalue weighted by Crippen LogP contribution is 2.20. The maximum Gasteiger partial charge on any atom is 0.246 e. The summed E-state index contributed by atoms with van der Waals surface area (Å²) < 4.78 is 15.2. The van der Waals surface area contributed by atoms with E-state index < -0.39 is 0 Å². The number of hydrogen-bond acceptors (Lipinski definition) is 3. The standard InChI is InChI=1S/C20H24FN7O/c1-22-20(23-6-5-14-10-24-18-4-3-15(21)9-17(14)18)27-7-8-28(19(29)13-27)16-11-25-26(2)12-16/h3-4,9-12,24H,5-8,13H2,1-2H3,(H,22,23). The minimum absolute atomic E-state index is 0.0132. The Morgan fingerprint density at radius 3 is 2.97 bits per heavy atom. The van der Waals surface area contributed by atoms with Gasteiger partial charge in [-0.3, -0.25) is 14.5 Å². The number of anilines is 1. The number of nitrogens with one attached hydrogen (secondary N) is 2. The minimum Gasteiger partial charge on any atom is -0.361 e. The number of carbonyl (C=O) groups is 1. The van der Waals surface area contributed by atoms with Crippen LogP contribution >= 0.6 is 0 Å². The van der Waals surface area contributed by atoms with Gasteiger partial charge in [0.15, 0.2) is 5.96 Å². The molecule has 0 saturated carbocycles. The second-order valence-electron chi connectivity index (χ2n) is 7.07. The van der Waals surface area contributed by atoms with Crippen molar-refractivity contribution in [3.63, 3.8) is 0 Å². The zero-order valence-electron chi connectivity index (χ0n) is 16.5. The molecule has 0 bridgehead atoms. The molecular weight excluding hydrogens is 373 g/mol. The Morgan fingerprint density at radius 1 is 1.38 bits per heavy atom. The molecule has 1 aliphatic rings. The van der Waals surface area contributed by atoms with Crippen LogP contribution in [-0.2, 0) is 18.3 Å². The molecule has 1 amide bonds. The first-order valence-corrected chi connectivity index (χ1v) is 9.55. The number of hydrogen-bond donors (Lipinski definition) is 2. The predicted molar refractivity (Wildman–Crippen MR) is 110 cm³/mol. The highest BCUT2D eigenvalue weighted by atomic mass is 19.1. The van der Waals surface area contributed by atoms with Crippen LogP contribution in [0.1, 0.15) is 5.56 Å². The Kier molecular flexibility index (Phi) is 5.20. The minimum atomic E-state index is -0.243. The van der Waals surface area contributed by atoms with Crippen LogP contribution in [-0.4, -0.2) is 64.8 Å². The molecule has 1 fully saturated rings. The molecule has 29 heavy (non-hydrogen) atoms. The summed E-state index contributed by atoms with van der Waals surface area (Å²) in [5, 5.41) is 8.34. The lowest BCUT2D eigenvalue weighted by Crippen LogP contribution is -2.55. The van der Waals surface area contributed by atoms with Crippen molar-refractivity contribution in [3.05, 3.63) is 48.2 Å². The van der Waals surface area contributed by atoms with Gasteiger partial charge in [-0.05, 0) is 30.2 Å². The maximum atomic E-state index is 13.5. The molecule has 1 aromatic carbocycles. The lowest BCUT2D eigenvalue weighted by atomic mass is 10.1. The van der Waals surface area contributed by atoms with Crippen LogP contribution < -0.4 is 10.2 Å². The van der Waals surface area contributed by atoms with Gasteiger partial charge in [0.25, 0.3) is 0 Å². The van der Waals surface area contributed by atoms with Crippen LogP contribution in [0.5, 0.6) is 0 Å². The molecule has 0 spiro atoms. The molecule has 2 N–H and O–H groups in total. The number of benzene rings is 1. The number of fused-ring (bicyclic) bond motifs is 1. The van der Waals surface area contributed by atoms with Crippen molar-refractivity contribution in [1.82, 2.24) is 25.0 Å². The molecule has 9 heteroatoms. The van der Waals surface area contributed by atoms with Gasteiger partial charge in [-0.1, -0.05) is 0 Å². The fourth-order valence-electron chi connectivity index (χ4n) is 3.67. The number of halogens is 1. The summed E-state index contributed by atoms with van der Waals surface area (Å²) in [6.07, 6.45) is 6.16. The third-order valence-corrected chi connectivity index (χ3v) is 5.14. The number of amides is 1. The third kappa shape index (κ3) is 3.94. The molecule has 0 aliphatic carbocycles. The molecule has 152 valence electrons. The van der Waals surface area contributed by atoms with Gasteiger partial charge in [-0.25, -0.2) is 4.39 Å². The zero-order chi connectivity index (χ0) is 20.4. The van der Waals surface area contributed by atoms with Crippen molar-refractivity contribution in [1.29, 1.82) is 0 Å². The number of aromatic amines is 1. The molecule has 4 rings (SSSR count). The summed E-state index contributed by atoms with van der Waals surface area (Å²) in [6.45, 7) is 2.14. The third-order valence-electron chi connectivity index (χ3n) is 5.14. The van der Waals surface area contributed by atoms with E-state index in [1.54, 1.807) is 35.0 Å². The van der Waals surface area contributed by atoms with E-state index in [4.69, 9.17) is 0 Å². The number of piperazine rings is 1. The van der Waals surface area contributed by atoms with Crippen molar-refractivity contribution in [2.24, 2.45) is 12.0 Å². The summed E-state index contributed by atoms with van der Waals surface area (Å²) in [6, 6.07) is 4.74. The molecule has 3 aromatic rings. The first-order chi connectivity index (χ1) is 14.0. The first kappa shape index (κ1) is 19.0. The van der Waals surface area contributed by atoms with Crippen molar-refractivity contribution in [2.75, 3.05) is 38.1 Å². The van der Waals surface area contributed by atoms with E-state index in [-0.39, 0.29) is 18.3 Å². The highest BCUT2D eigenvalue weighted by Gasteiger charge is 2.27. The van der Waals surface area contributed by atoms with Crippen LogP contribution in [0.25, 0.3) is 10.9 Å². The Balaban J connectivity index is 1.35. The summed E-state index contributed by atoms with van der Waals surface area (Å²) in [5.74, 6) is 0.460. The zero-order valence-corrected chi connectivity index (χ0v) is 16.5. The molecule has 1 saturated heterocycles. The Morgan fingerprint density at radius 2 is 2.24 bits per heavy atom. The van der Waals surface area contributed by atoms with E-state index in [0.717, 1.165) is 22.2 Å². The van der Waals surface area contributed by atoms with E-state index in [1.807, 2.05) is 24.3 Å². The van der Waals surface area contributed by atoms with Crippen molar-refractivity contribution in [2.45, 2.75) is 6.42 Å². The topological polar surface area (TPSA) is 81.6 Å². The Bertz CT molecular complexity index is 1050. The van der Waals surface area contributed by atoms with Crippen LogP contribution in [0.15, 0.2) is 41.8 Å². The monoisotopic (exact) mass is 397 g/mol. The van der Waals surface area contributed by atoms with Gasteiger partial charge in [0.05, 0.1) is 11.9 Å². The average molecular weight is 397 g/mol. The molecule has 0 unspecified atom stereocenters. The molecule has 1 aliphatic heterocycles. The summed E-state index contributed by atoms with van der Waals surface area (Å²) in [7, 11) is 3.54. The fourth-order valence-corrected chi connectivity index (χ4v) is 3.67. The number of carbonyl (C=O) groups excluding carboxylic acids is 1. The lowest BCUT2D eigenvalue weighted by Gasteiger charge is -2.35. The number of aliphatic imine (C=N–C) groups is 1. The fraction of sp³-hybridized carbons (Fsp3) is 0.350. The summed E-state index contributed by atoms with van der Waals surface area (Å²) in [4.78, 5) is 23.8. The van der Waals surface area contributed by atoms with Crippen LogP contribution in [0, 0.1) is 5.82 Å². The van der Waals surface area contributed by atoms with Gasteiger partial charge in [0.1, 0.15) is 12.4 Å². The number of nitrogens with zero attached hydrogens (tertiary/aromatic N) is 5. The summed E-state index contributed by atoms with van der Waals surface area (Å²) in [5.41, 5.74) is 2.77. The van der Waals surface area contributed by atoms with Crippen molar-refractivity contribution >= 4 is 28.5 Å². The second kappa shape index (κ2) is 7.94. The molecule has 0 radical (unpaired) electrons. The van der Waals surface area contributed by atoms with Gasteiger partial charge in [-0.15, -0.1) is 0 Å². The van der Waals surface area contributed by atoms with E-state index in [2.05, 4.69) is 20.4 Å². The lowest BCUT2D eigenvalue weighted by molar-refractivity contribution is -0.120. The number of aryl methyl sites for hydroxylation is 1. The molecule has 0 atom stereocenters. The average Bonchev–Trinajstić information content (AvgIpc) is 3.31.